The van der Waals surface area contributed by atoms with Gasteiger partial charge in [0.1, 0.15) is 11.3 Å². The van der Waals surface area contributed by atoms with E-state index >= 15 is 0 Å². The third-order valence-corrected chi connectivity index (χ3v) is 3.54. The highest BCUT2D eigenvalue weighted by Gasteiger charge is 2.37. The Morgan fingerprint density at radius 2 is 2.00 bits per heavy atom. The summed E-state index contributed by atoms with van der Waals surface area (Å²) in [5.41, 5.74) is -2.60. The first-order valence-electron chi connectivity index (χ1n) is 5.80. The number of hydrogen-bond acceptors (Lipinski definition) is 5. The summed E-state index contributed by atoms with van der Waals surface area (Å²) in [6, 6.07) is 1.05. The molecule has 7 nitrogen and oxygen atoms in total. The molecule has 0 saturated heterocycles. The standard InChI is InChI=1S/C12H16ClN3O4/c1-11(2,12(3,4)18)15-10(17)8-5-7(16(19)20)6-14-9(8)13/h5-6,18H,1-4H3,(H,15,17). The molecule has 0 saturated carbocycles. The van der Waals surface area contributed by atoms with Gasteiger partial charge in [0, 0.05) is 6.07 Å². The molecule has 0 spiro atoms. The number of amides is 1. The van der Waals surface area contributed by atoms with E-state index in [1.807, 2.05) is 0 Å². The van der Waals surface area contributed by atoms with E-state index in [0.29, 0.717) is 0 Å². The number of rotatable bonds is 4. The Morgan fingerprint density at radius 1 is 1.45 bits per heavy atom. The number of pyridine rings is 1. The molecule has 2 N–H and O–H groups in total. The minimum absolute atomic E-state index is 0.113. The third-order valence-electron chi connectivity index (χ3n) is 3.24. The zero-order valence-corrected chi connectivity index (χ0v) is 12.4. The monoisotopic (exact) mass is 301 g/mol. The van der Waals surface area contributed by atoms with Crippen molar-refractivity contribution in [3.8, 4) is 0 Å². The first-order chi connectivity index (χ1) is 8.95. The Hall–Kier alpha value is -1.73. The van der Waals surface area contributed by atoms with Gasteiger partial charge in [0.05, 0.1) is 21.6 Å². The number of nitro groups is 1. The van der Waals surface area contributed by atoms with Gasteiger partial charge < -0.3 is 10.4 Å². The molecule has 1 amide bonds. The van der Waals surface area contributed by atoms with Crippen LogP contribution in [0.1, 0.15) is 38.1 Å². The molecule has 8 heteroatoms. The molecular weight excluding hydrogens is 286 g/mol. The van der Waals surface area contributed by atoms with Crippen molar-refractivity contribution in [2.45, 2.75) is 38.8 Å². The number of nitrogens with one attached hydrogen (secondary N) is 1. The minimum atomic E-state index is -1.19. The number of halogens is 1. The Balaban J connectivity index is 3.10. The highest BCUT2D eigenvalue weighted by atomic mass is 35.5. The molecule has 0 unspecified atom stereocenters. The lowest BCUT2D eigenvalue weighted by Gasteiger charge is -2.38. The number of carbonyl (C=O) groups excluding carboxylic acids is 1. The second kappa shape index (κ2) is 5.34. The van der Waals surface area contributed by atoms with Crippen LogP contribution >= 0.6 is 11.6 Å². The highest BCUT2D eigenvalue weighted by molar-refractivity contribution is 6.32. The van der Waals surface area contributed by atoms with Gasteiger partial charge in [-0.3, -0.25) is 14.9 Å². The van der Waals surface area contributed by atoms with Crippen LogP contribution in [-0.4, -0.2) is 32.1 Å². The predicted octanol–water partition coefficient (Wildman–Crippen LogP) is 1.92. The van der Waals surface area contributed by atoms with Gasteiger partial charge >= 0.3 is 0 Å². The number of aromatic nitrogens is 1. The van der Waals surface area contributed by atoms with Crippen molar-refractivity contribution in [3.63, 3.8) is 0 Å². The van der Waals surface area contributed by atoms with Crippen LogP contribution in [0.5, 0.6) is 0 Å². The van der Waals surface area contributed by atoms with Crippen LogP contribution in [0.3, 0.4) is 0 Å². The molecule has 1 aromatic heterocycles. The summed E-state index contributed by atoms with van der Waals surface area (Å²) in [4.78, 5) is 25.8. The Morgan fingerprint density at radius 3 is 2.45 bits per heavy atom. The van der Waals surface area contributed by atoms with E-state index in [0.717, 1.165) is 12.3 Å². The molecule has 1 aromatic rings. The number of carbonyl (C=O) groups is 1. The van der Waals surface area contributed by atoms with Crippen LogP contribution in [0.25, 0.3) is 0 Å². The predicted molar refractivity (Wildman–Crippen MR) is 73.7 cm³/mol. The van der Waals surface area contributed by atoms with Crippen LogP contribution in [0.2, 0.25) is 5.15 Å². The summed E-state index contributed by atoms with van der Waals surface area (Å²) in [6.45, 7) is 6.34. The lowest BCUT2D eigenvalue weighted by molar-refractivity contribution is -0.385. The van der Waals surface area contributed by atoms with Gasteiger partial charge in [0.2, 0.25) is 0 Å². The SMILES string of the molecule is CC(C)(O)C(C)(C)NC(=O)c1cc([N+](=O)[O-])cnc1Cl. The summed E-state index contributed by atoms with van der Waals surface area (Å²) in [7, 11) is 0. The van der Waals surface area contributed by atoms with E-state index in [9.17, 15) is 20.0 Å². The normalized spacial score (nSPS) is 12.1. The van der Waals surface area contributed by atoms with Crippen molar-refractivity contribution < 1.29 is 14.8 Å². The van der Waals surface area contributed by atoms with Crippen molar-refractivity contribution in [3.05, 3.63) is 33.1 Å². The van der Waals surface area contributed by atoms with Gasteiger partial charge in [-0.05, 0) is 27.7 Å². The molecule has 0 bridgehead atoms. The maximum absolute atomic E-state index is 12.1. The second-order valence-electron chi connectivity index (χ2n) is 5.43. The summed E-state index contributed by atoms with van der Waals surface area (Å²) in [5, 5.41) is 23.1. The number of nitrogens with zero attached hydrogens (tertiary/aromatic N) is 2. The van der Waals surface area contributed by atoms with Gasteiger partial charge in [0.15, 0.2) is 0 Å². The van der Waals surface area contributed by atoms with Crippen molar-refractivity contribution in [2.24, 2.45) is 0 Å². The average molecular weight is 302 g/mol. The topological polar surface area (TPSA) is 105 Å². The van der Waals surface area contributed by atoms with E-state index in [1.54, 1.807) is 27.7 Å². The molecule has 0 fully saturated rings. The third kappa shape index (κ3) is 3.43. The van der Waals surface area contributed by atoms with Crippen LogP contribution in [-0.2, 0) is 0 Å². The van der Waals surface area contributed by atoms with E-state index in [1.165, 1.54) is 0 Å². The first kappa shape index (κ1) is 16.3. The van der Waals surface area contributed by atoms with Crippen LogP contribution in [0.4, 0.5) is 5.69 Å². The van der Waals surface area contributed by atoms with Gasteiger partial charge in [-0.2, -0.15) is 0 Å². The van der Waals surface area contributed by atoms with Crippen LogP contribution in [0.15, 0.2) is 12.3 Å². The lowest BCUT2D eigenvalue weighted by atomic mass is 9.86. The summed E-state index contributed by atoms with van der Waals surface area (Å²) < 4.78 is 0. The Bertz CT molecular complexity index is 552. The Kier molecular flexibility index (Phi) is 4.36. The zero-order chi connectivity index (χ0) is 15.7. The molecule has 20 heavy (non-hydrogen) atoms. The average Bonchev–Trinajstić information content (AvgIpc) is 2.26. The number of aliphatic hydroxyl groups is 1. The molecule has 0 radical (unpaired) electrons. The molecule has 1 rings (SSSR count). The molecule has 0 aromatic carbocycles. The Labute approximate surface area is 121 Å². The maximum Gasteiger partial charge on any atom is 0.288 e. The van der Waals surface area contributed by atoms with E-state index in [4.69, 9.17) is 11.6 Å². The van der Waals surface area contributed by atoms with Gasteiger partial charge in [0.25, 0.3) is 11.6 Å². The summed E-state index contributed by atoms with van der Waals surface area (Å²) >= 11 is 5.78. The van der Waals surface area contributed by atoms with Crippen LogP contribution < -0.4 is 5.32 Å². The highest BCUT2D eigenvalue weighted by Crippen LogP contribution is 2.23. The van der Waals surface area contributed by atoms with Crippen molar-refractivity contribution in [1.29, 1.82) is 0 Å². The van der Waals surface area contributed by atoms with E-state index < -0.39 is 22.0 Å². The molecule has 0 atom stereocenters. The second-order valence-corrected chi connectivity index (χ2v) is 5.79. The molecular formula is C12H16ClN3O4. The smallest absolute Gasteiger partial charge is 0.288 e. The van der Waals surface area contributed by atoms with Gasteiger partial charge in [-0.1, -0.05) is 11.6 Å². The van der Waals surface area contributed by atoms with Crippen molar-refractivity contribution in [1.82, 2.24) is 10.3 Å². The fourth-order valence-corrected chi connectivity index (χ4v) is 1.39. The minimum Gasteiger partial charge on any atom is -0.388 e. The summed E-state index contributed by atoms with van der Waals surface area (Å²) in [5.74, 6) is -0.640. The van der Waals surface area contributed by atoms with E-state index in [-0.39, 0.29) is 16.4 Å². The van der Waals surface area contributed by atoms with Crippen molar-refractivity contribution >= 4 is 23.2 Å². The van der Waals surface area contributed by atoms with E-state index in [2.05, 4.69) is 10.3 Å². The molecule has 1 heterocycles. The quantitative estimate of drug-likeness (QED) is 0.502. The molecule has 0 aliphatic carbocycles. The largest absolute Gasteiger partial charge is 0.388 e. The zero-order valence-electron chi connectivity index (χ0n) is 11.6. The summed E-state index contributed by atoms with van der Waals surface area (Å²) in [6.07, 6.45) is 0.972. The first-order valence-corrected chi connectivity index (χ1v) is 6.18. The van der Waals surface area contributed by atoms with Gasteiger partial charge in [-0.25, -0.2) is 4.98 Å². The fraction of sp³-hybridized carbons (Fsp3) is 0.500. The fourth-order valence-electron chi connectivity index (χ4n) is 1.20. The molecule has 110 valence electrons. The molecule has 0 aliphatic heterocycles. The number of hydrogen-bond donors (Lipinski definition) is 2. The maximum atomic E-state index is 12.1. The lowest BCUT2D eigenvalue weighted by Crippen LogP contribution is -2.57. The van der Waals surface area contributed by atoms with Gasteiger partial charge in [-0.15, -0.1) is 0 Å². The molecule has 0 aliphatic rings. The van der Waals surface area contributed by atoms with Crippen LogP contribution in [0, 0.1) is 10.1 Å². The van der Waals surface area contributed by atoms with Crippen molar-refractivity contribution in [2.75, 3.05) is 0 Å².